The van der Waals surface area contributed by atoms with Crippen molar-refractivity contribution in [1.82, 2.24) is 4.90 Å². The van der Waals surface area contributed by atoms with Gasteiger partial charge in [0.1, 0.15) is 11.6 Å². The summed E-state index contributed by atoms with van der Waals surface area (Å²) in [4.78, 5) is 13.8. The number of aliphatic hydroxyl groups excluding tert-OH is 1. The molecule has 1 saturated heterocycles. The van der Waals surface area contributed by atoms with E-state index in [1.807, 2.05) is 4.90 Å². The fourth-order valence-corrected chi connectivity index (χ4v) is 2.43. The van der Waals surface area contributed by atoms with Gasteiger partial charge in [0.2, 0.25) is 5.91 Å². The van der Waals surface area contributed by atoms with Gasteiger partial charge >= 0.3 is 0 Å². The maximum absolute atomic E-state index is 13.4. The van der Waals surface area contributed by atoms with Crippen molar-refractivity contribution in [2.24, 2.45) is 5.92 Å². The smallest absolute Gasteiger partial charge is 0.238 e. The molecule has 0 bridgehead atoms. The number of hydrogen-bond donors (Lipinski definition) is 2. The highest BCUT2D eigenvalue weighted by molar-refractivity contribution is 5.92. The molecule has 1 unspecified atom stereocenters. The van der Waals surface area contributed by atoms with E-state index in [1.54, 1.807) is 0 Å². The van der Waals surface area contributed by atoms with E-state index in [-0.39, 0.29) is 30.7 Å². The molecule has 1 aliphatic rings. The number of hydrogen-bond acceptors (Lipinski definition) is 3. The van der Waals surface area contributed by atoms with Crippen molar-refractivity contribution in [1.29, 1.82) is 0 Å². The van der Waals surface area contributed by atoms with Crippen LogP contribution in [0, 0.1) is 17.6 Å². The summed E-state index contributed by atoms with van der Waals surface area (Å²) in [6, 6.07) is 3.04. The molecule has 0 aromatic heterocycles. The molecular formula is C14H18F2N2O2. The minimum absolute atomic E-state index is 0.0212. The molecule has 6 heteroatoms. The fourth-order valence-electron chi connectivity index (χ4n) is 2.43. The van der Waals surface area contributed by atoms with E-state index in [2.05, 4.69) is 5.32 Å². The topological polar surface area (TPSA) is 52.6 Å². The largest absolute Gasteiger partial charge is 0.396 e. The summed E-state index contributed by atoms with van der Waals surface area (Å²) in [5.41, 5.74) is -0.0212. The minimum Gasteiger partial charge on any atom is -0.396 e. The lowest BCUT2D eigenvalue weighted by Gasteiger charge is -2.31. The first-order valence-corrected chi connectivity index (χ1v) is 6.66. The molecule has 20 heavy (non-hydrogen) atoms. The highest BCUT2D eigenvalue weighted by Crippen LogP contribution is 2.17. The van der Waals surface area contributed by atoms with E-state index >= 15 is 0 Å². The normalized spacial score (nSPS) is 19.9. The summed E-state index contributed by atoms with van der Waals surface area (Å²) in [6.07, 6.45) is 1.89. The first-order chi connectivity index (χ1) is 9.58. The maximum Gasteiger partial charge on any atom is 0.238 e. The molecule has 2 rings (SSSR count). The molecule has 0 aliphatic carbocycles. The van der Waals surface area contributed by atoms with Crippen molar-refractivity contribution in [3.05, 3.63) is 29.8 Å². The number of carbonyl (C=O) groups is 1. The predicted molar refractivity (Wildman–Crippen MR) is 71.2 cm³/mol. The quantitative estimate of drug-likeness (QED) is 0.883. The van der Waals surface area contributed by atoms with E-state index in [9.17, 15) is 13.6 Å². The van der Waals surface area contributed by atoms with Crippen molar-refractivity contribution < 1.29 is 18.7 Å². The van der Waals surface area contributed by atoms with Crippen LogP contribution in [0.25, 0.3) is 0 Å². The van der Waals surface area contributed by atoms with Crippen molar-refractivity contribution in [2.75, 3.05) is 31.6 Å². The molecule has 1 amide bonds. The van der Waals surface area contributed by atoms with E-state index in [1.165, 1.54) is 6.07 Å². The minimum atomic E-state index is -0.787. The third-order valence-electron chi connectivity index (χ3n) is 3.43. The zero-order chi connectivity index (χ0) is 14.5. The molecule has 1 aromatic carbocycles. The van der Waals surface area contributed by atoms with Crippen LogP contribution in [0.4, 0.5) is 14.5 Å². The van der Waals surface area contributed by atoms with Gasteiger partial charge in [-0.2, -0.15) is 0 Å². The van der Waals surface area contributed by atoms with Gasteiger partial charge in [0.25, 0.3) is 0 Å². The first kappa shape index (κ1) is 14.9. The van der Waals surface area contributed by atoms with Crippen molar-refractivity contribution in [3.8, 4) is 0 Å². The number of halogens is 2. The van der Waals surface area contributed by atoms with Gasteiger partial charge in [-0.3, -0.25) is 9.69 Å². The van der Waals surface area contributed by atoms with Gasteiger partial charge < -0.3 is 10.4 Å². The molecule has 1 heterocycles. The monoisotopic (exact) mass is 284 g/mol. The number of amides is 1. The third-order valence-corrected chi connectivity index (χ3v) is 3.43. The second kappa shape index (κ2) is 6.76. The lowest BCUT2D eigenvalue weighted by atomic mass is 9.99. The standard InChI is InChI=1S/C14H18F2N2O2/c15-11-3-4-13(12(16)6-11)17-14(20)8-18-5-1-2-10(7-18)9-19/h3-4,6,10,19H,1-2,5,7-9H2,(H,17,20). The zero-order valence-electron chi connectivity index (χ0n) is 11.1. The molecule has 1 fully saturated rings. The van der Waals surface area contributed by atoms with Crippen LogP contribution in [0.5, 0.6) is 0 Å². The molecule has 2 N–H and O–H groups in total. The van der Waals surface area contributed by atoms with Crippen LogP contribution in [-0.2, 0) is 4.79 Å². The van der Waals surface area contributed by atoms with Crippen LogP contribution < -0.4 is 5.32 Å². The van der Waals surface area contributed by atoms with E-state index in [0.717, 1.165) is 31.5 Å². The summed E-state index contributed by atoms with van der Waals surface area (Å²) >= 11 is 0. The Kier molecular flexibility index (Phi) is 5.03. The summed E-state index contributed by atoms with van der Waals surface area (Å²) in [6.45, 7) is 1.71. The predicted octanol–water partition coefficient (Wildman–Crippen LogP) is 1.61. The molecule has 4 nitrogen and oxygen atoms in total. The van der Waals surface area contributed by atoms with Gasteiger partial charge in [-0.15, -0.1) is 0 Å². The van der Waals surface area contributed by atoms with Gasteiger partial charge in [-0.25, -0.2) is 8.78 Å². The second-order valence-corrected chi connectivity index (χ2v) is 5.10. The average molecular weight is 284 g/mol. The van der Waals surface area contributed by atoms with Crippen LogP contribution in [0.3, 0.4) is 0 Å². The van der Waals surface area contributed by atoms with Crippen molar-refractivity contribution >= 4 is 11.6 Å². The maximum atomic E-state index is 13.4. The van der Waals surface area contributed by atoms with E-state index in [4.69, 9.17) is 5.11 Å². The Morgan fingerprint density at radius 3 is 2.95 bits per heavy atom. The van der Waals surface area contributed by atoms with Gasteiger partial charge in [0.05, 0.1) is 12.2 Å². The molecule has 0 saturated carbocycles. The number of benzene rings is 1. The van der Waals surface area contributed by atoms with Gasteiger partial charge in [-0.1, -0.05) is 0 Å². The van der Waals surface area contributed by atoms with Gasteiger partial charge in [0, 0.05) is 19.2 Å². The highest BCUT2D eigenvalue weighted by Gasteiger charge is 2.21. The number of nitrogens with one attached hydrogen (secondary N) is 1. The molecule has 1 aromatic rings. The third kappa shape index (κ3) is 3.98. The Morgan fingerprint density at radius 1 is 1.45 bits per heavy atom. The Hall–Kier alpha value is -1.53. The fraction of sp³-hybridized carbons (Fsp3) is 0.500. The SMILES string of the molecule is O=C(CN1CCCC(CO)C1)Nc1ccc(F)cc1F. The van der Waals surface area contributed by atoms with Crippen LogP contribution in [0.1, 0.15) is 12.8 Å². The molecule has 1 aliphatic heterocycles. The molecule has 1 atom stereocenters. The number of aliphatic hydroxyl groups is 1. The summed E-state index contributed by atoms with van der Waals surface area (Å²) in [7, 11) is 0. The van der Waals surface area contributed by atoms with Crippen LogP contribution in [0.15, 0.2) is 18.2 Å². The molecular weight excluding hydrogens is 266 g/mol. The Labute approximate surface area is 116 Å². The van der Waals surface area contributed by atoms with Gasteiger partial charge in [-0.05, 0) is 37.4 Å². The summed E-state index contributed by atoms with van der Waals surface area (Å²) < 4.78 is 26.2. The molecule has 110 valence electrons. The van der Waals surface area contributed by atoms with Crippen LogP contribution in [-0.4, -0.2) is 42.2 Å². The Morgan fingerprint density at radius 2 is 2.25 bits per heavy atom. The van der Waals surface area contributed by atoms with Crippen molar-refractivity contribution in [2.45, 2.75) is 12.8 Å². The summed E-state index contributed by atoms with van der Waals surface area (Å²) in [5, 5.41) is 11.6. The van der Waals surface area contributed by atoms with Crippen molar-refractivity contribution in [3.63, 3.8) is 0 Å². The number of likely N-dealkylation sites (tertiary alicyclic amines) is 1. The highest BCUT2D eigenvalue weighted by atomic mass is 19.1. The lowest BCUT2D eigenvalue weighted by Crippen LogP contribution is -2.41. The first-order valence-electron chi connectivity index (χ1n) is 6.66. The number of nitrogens with zero attached hydrogens (tertiary/aromatic N) is 1. The zero-order valence-corrected chi connectivity index (χ0v) is 11.1. The van der Waals surface area contributed by atoms with Gasteiger partial charge in [0.15, 0.2) is 0 Å². The lowest BCUT2D eigenvalue weighted by molar-refractivity contribution is -0.117. The summed E-state index contributed by atoms with van der Waals surface area (Å²) in [5.74, 6) is -1.61. The Bertz CT molecular complexity index is 482. The second-order valence-electron chi connectivity index (χ2n) is 5.10. The van der Waals surface area contributed by atoms with E-state index < -0.39 is 11.6 Å². The van der Waals surface area contributed by atoms with Crippen LogP contribution >= 0.6 is 0 Å². The average Bonchev–Trinajstić information content (AvgIpc) is 2.42. The molecule has 0 radical (unpaired) electrons. The van der Waals surface area contributed by atoms with E-state index in [0.29, 0.717) is 6.54 Å². The Balaban J connectivity index is 1.88. The molecule has 0 spiro atoms. The number of anilines is 1. The number of rotatable bonds is 4. The van der Waals surface area contributed by atoms with Crippen LogP contribution in [0.2, 0.25) is 0 Å². The number of piperidine rings is 1. The number of carbonyl (C=O) groups excluding carboxylic acids is 1.